The van der Waals surface area contributed by atoms with Gasteiger partial charge in [0.15, 0.2) is 0 Å². The average molecular weight is 480 g/mol. The van der Waals surface area contributed by atoms with Gasteiger partial charge in [0.25, 0.3) is 11.8 Å². The Balaban J connectivity index is 1.53. The molecule has 4 rings (SSSR count). The molecule has 2 aromatic heterocycles. The molecule has 4 N–H and O–H groups in total. The first kappa shape index (κ1) is 23.1. The summed E-state index contributed by atoms with van der Waals surface area (Å²) in [5.41, 5.74) is 7.40. The number of nitrogens with zero attached hydrogens (tertiary/aromatic N) is 2. The van der Waals surface area contributed by atoms with E-state index >= 15 is 0 Å². The number of hydrogen-bond donors (Lipinski definition) is 3. The number of halogens is 1. The summed E-state index contributed by atoms with van der Waals surface area (Å²) in [6, 6.07) is 14.6. The zero-order valence-corrected chi connectivity index (χ0v) is 19.1. The van der Waals surface area contributed by atoms with Crippen LogP contribution in [0.5, 0.6) is 0 Å². The summed E-state index contributed by atoms with van der Waals surface area (Å²) in [5.74, 6) is -1.59. The predicted octanol–water partition coefficient (Wildman–Crippen LogP) is 3.45. The van der Waals surface area contributed by atoms with Gasteiger partial charge in [-0.05, 0) is 42.8 Å². The Hall–Kier alpha value is -4.05. The van der Waals surface area contributed by atoms with Gasteiger partial charge in [0, 0.05) is 18.4 Å². The van der Waals surface area contributed by atoms with Crippen molar-refractivity contribution in [3.63, 3.8) is 0 Å². The van der Waals surface area contributed by atoms with Crippen molar-refractivity contribution < 1.29 is 18.8 Å². The zero-order valence-electron chi connectivity index (χ0n) is 18.3. The van der Waals surface area contributed by atoms with Gasteiger partial charge in [-0.1, -0.05) is 24.3 Å². The molecule has 0 aliphatic carbocycles. The summed E-state index contributed by atoms with van der Waals surface area (Å²) in [6.07, 6.45) is 0.0241. The Bertz CT molecular complexity index is 1380. The molecule has 0 radical (unpaired) electrons. The number of primary amides is 1. The minimum absolute atomic E-state index is 0.0241. The lowest BCUT2D eigenvalue weighted by Crippen LogP contribution is -2.28. The first-order chi connectivity index (χ1) is 16.3. The molecule has 174 valence electrons. The molecule has 4 aromatic rings. The number of carbonyl (C=O) groups is 3. The summed E-state index contributed by atoms with van der Waals surface area (Å²) < 4.78 is 15.0. The lowest BCUT2D eigenvalue weighted by Gasteiger charge is -2.10. The number of nitrogens with two attached hydrogens (primary N) is 1. The Morgan fingerprint density at radius 2 is 1.82 bits per heavy atom. The number of benzene rings is 2. The third kappa shape index (κ3) is 5.12. The molecular weight excluding hydrogens is 457 g/mol. The molecule has 0 aliphatic heterocycles. The van der Waals surface area contributed by atoms with Crippen molar-refractivity contribution in [2.45, 2.75) is 19.9 Å². The van der Waals surface area contributed by atoms with Crippen LogP contribution in [0.3, 0.4) is 0 Å². The van der Waals surface area contributed by atoms with E-state index in [0.29, 0.717) is 17.1 Å². The minimum Gasteiger partial charge on any atom is -0.370 e. The SMILES string of the molecule is Cc1nn(Cc2ccc(F)cc2)c2sc(C(=O)Nc3ccccc3C(=O)NCCC(N)=O)cc12. The molecule has 10 heteroatoms. The molecule has 0 aliphatic rings. The zero-order chi connectivity index (χ0) is 24.2. The van der Waals surface area contributed by atoms with Crippen molar-refractivity contribution in [2.24, 2.45) is 5.73 Å². The number of fused-ring (bicyclic) bond motifs is 1. The number of aromatic nitrogens is 2. The normalized spacial score (nSPS) is 10.9. The van der Waals surface area contributed by atoms with Crippen LogP contribution in [0.4, 0.5) is 10.1 Å². The molecule has 0 saturated carbocycles. The summed E-state index contributed by atoms with van der Waals surface area (Å²) in [4.78, 5) is 37.7. The number of hydrogen-bond acceptors (Lipinski definition) is 5. The number of anilines is 1. The van der Waals surface area contributed by atoms with E-state index in [4.69, 9.17) is 5.73 Å². The minimum atomic E-state index is -0.514. The Kier molecular flexibility index (Phi) is 6.69. The Morgan fingerprint density at radius 1 is 1.09 bits per heavy atom. The van der Waals surface area contributed by atoms with Crippen molar-refractivity contribution in [1.29, 1.82) is 0 Å². The maximum absolute atomic E-state index is 13.2. The van der Waals surface area contributed by atoms with Crippen LogP contribution in [-0.2, 0) is 11.3 Å². The smallest absolute Gasteiger partial charge is 0.265 e. The van der Waals surface area contributed by atoms with E-state index in [2.05, 4.69) is 15.7 Å². The Labute approximate surface area is 198 Å². The molecule has 2 heterocycles. The number of rotatable bonds is 8. The molecule has 0 fully saturated rings. The van der Waals surface area contributed by atoms with Gasteiger partial charge < -0.3 is 16.4 Å². The van der Waals surface area contributed by atoms with Gasteiger partial charge in [-0.25, -0.2) is 4.39 Å². The fourth-order valence-electron chi connectivity index (χ4n) is 3.46. The first-order valence-corrected chi connectivity index (χ1v) is 11.3. The highest BCUT2D eigenvalue weighted by Gasteiger charge is 2.19. The van der Waals surface area contributed by atoms with Crippen LogP contribution in [0.2, 0.25) is 0 Å². The number of amides is 3. The monoisotopic (exact) mass is 479 g/mol. The molecule has 8 nitrogen and oxygen atoms in total. The molecule has 2 aromatic carbocycles. The highest BCUT2D eigenvalue weighted by molar-refractivity contribution is 7.20. The Morgan fingerprint density at radius 3 is 2.56 bits per heavy atom. The van der Waals surface area contributed by atoms with E-state index in [0.717, 1.165) is 21.5 Å². The molecule has 0 bridgehead atoms. The van der Waals surface area contributed by atoms with Crippen LogP contribution < -0.4 is 16.4 Å². The number of para-hydroxylation sites is 1. The summed E-state index contributed by atoms with van der Waals surface area (Å²) in [6.45, 7) is 2.42. The summed E-state index contributed by atoms with van der Waals surface area (Å²) in [5, 5.41) is 10.8. The van der Waals surface area contributed by atoms with Gasteiger partial charge >= 0.3 is 0 Å². The van der Waals surface area contributed by atoms with Crippen LogP contribution in [0.15, 0.2) is 54.6 Å². The average Bonchev–Trinajstić information content (AvgIpc) is 3.36. The van der Waals surface area contributed by atoms with Crippen LogP contribution in [0.25, 0.3) is 10.2 Å². The fourth-order valence-corrected chi connectivity index (χ4v) is 4.52. The van der Waals surface area contributed by atoms with E-state index < -0.39 is 11.8 Å². The van der Waals surface area contributed by atoms with E-state index in [1.807, 2.05) is 6.92 Å². The molecular formula is C24H22FN5O3S. The van der Waals surface area contributed by atoms with E-state index in [1.54, 1.807) is 47.1 Å². The van der Waals surface area contributed by atoms with E-state index in [1.165, 1.54) is 23.5 Å². The van der Waals surface area contributed by atoms with Crippen LogP contribution in [0.1, 0.15) is 37.7 Å². The van der Waals surface area contributed by atoms with Crippen LogP contribution >= 0.6 is 11.3 Å². The molecule has 0 atom stereocenters. The number of thiophene rings is 1. The lowest BCUT2D eigenvalue weighted by atomic mass is 10.1. The second kappa shape index (κ2) is 9.84. The third-order valence-corrected chi connectivity index (χ3v) is 6.30. The molecule has 3 amide bonds. The van der Waals surface area contributed by atoms with Gasteiger partial charge in [-0.3, -0.25) is 19.1 Å². The van der Waals surface area contributed by atoms with E-state index in [-0.39, 0.29) is 30.3 Å². The largest absolute Gasteiger partial charge is 0.370 e. The maximum Gasteiger partial charge on any atom is 0.265 e. The quantitative estimate of drug-likeness (QED) is 0.359. The fraction of sp³-hybridized carbons (Fsp3) is 0.167. The molecule has 34 heavy (non-hydrogen) atoms. The third-order valence-electron chi connectivity index (χ3n) is 5.15. The van der Waals surface area contributed by atoms with Gasteiger partial charge in [0.05, 0.1) is 28.4 Å². The van der Waals surface area contributed by atoms with Gasteiger partial charge in [0.1, 0.15) is 10.6 Å². The lowest BCUT2D eigenvalue weighted by molar-refractivity contribution is -0.117. The standard InChI is InChI=1S/C24H22FN5O3S/c1-14-18-12-20(34-24(18)30(29-14)13-15-6-8-16(25)9-7-15)23(33)28-19-5-3-2-4-17(19)22(32)27-11-10-21(26)31/h2-9,12H,10-11,13H2,1H3,(H2,26,31)(H,27,32)(H,28,33). The van der Waals surface area contributed by atoms with Crippen molar-refractivity contribution in [3.8, 4) is 0 Å². The predicted molar refractivity (Wildman–Crippen MR) is 128 cm³/mol. The molecule has 0 saturated heterocycles. The second-order valence-electron chi connectivity index (χ2n) is 7.67. The number of aryl methyl sites for hydroxylation is 1. The second-order valence-corrected chi connectivity index (χ2v) is 8.70. The number of nitrogens with one attached hydrogen (secondary N) is 2. The first-order valence-electron chi connectivity index (χ1n) is 10.5. The number of carbonyl (C=O) groups excluding carboxylic acids is 3. The van der Waals surface area contributed by atoms with Gasteiger partial charge in [-0.2, -0.15) is 5.10 Å². The van der Waals surface area contributed by atoms with Crippen molar-refractivity contribution >= 4 is 45.0 Å². The molecule has 0 spiro atoms. The van der Waals surface area contributed by atoms with Crippen molar-refractivity contribution in [3.05, 3.63) is 82.1 Å². The van der Waals surface area contributed by atoms with Crippen molar-refractivity contribution in [2.75, 3.05) is 11.9 Å². The summed E-state index contributed by atoms with van der Waals surface area (Å²) >= 11 is 1.29. The topological polar surface area (TPSA) is 119 Å². The van der Waals surface area contributed by atoms with Crippen LogP contribution in [-0.4, -0.2) is 34.0 Å². The van der Waals surface area contributed by atoms with E-state index in [9.17, 15) is 18.8 Å². The maximum atomic E-state index is 13.2. The summed E-state index contributed by atoms with van der Waals surface area (Å²) in [7, 11) is 0. The molecule has 0 unspecified atom stereocenters. The van der Waals surface area contributed by atoms with Gasteiger partial charge in [-0.15, -0.1) is 11.3 Å². The highest BCUT2D eigenvalue weighted by atomic mass is 32.1. The van der Waals surface area contributed by atoms with Crippen molar-refractivity contribution in [1.82, 2.24) is 15.1 Å². The highest BCUT2D eigenvalue weighted by Crippen LogP contribution is 2.30. The van der Waals surface area contributed by atoms with Crippen LogP contribution in [0, 0.1) is 12.7 Å². The van der Waals surface area contributed by atoms with Gasteiger partial charge in [0.2, 0.25) is 5.91 Å².